The van der Waals surface area contributed by atoms with Crippen LogP contribution in [0.1, 0.15) is 16.3 Å². The standard InChI is InChI=1S/C14H16N2O2S/c15-10-11-6-7-13(18-11)14(17)16-8-9-19-12-4-2-1-3-5-12/h1-7H,8-10,15H2,(H,16,17). The summed E-state index contributed by atoms with van der Waals surface area (Å²) in [6.07, 6.45) is 0. The molecule has 1 aromatic carbocycles. The first-order chi connectivity index (χ1) is 9.29. The van der Waals surface area contributed by atoms with Crippen LogP contribution in [-0.4, -0.2) is 18.2 Å². The van der Waals surface area contributed by atoms with Gasteiger partial charge in [-0.05, 0) is 24.3 Å². The van der Waals surface area contributed by atoms with Gasteiger partial charge in [-0.2, -0.15) is 0 Å². The summed E-state index contributed by atoms with van der Waals surface area (Å²) in [5.74, 6) is 1.54. The van der Waals surface area contributed by atoms with Crippen LogP contribution in [0.25, 0.3) is 0 Å². The molecule has 0 aliphatic rings. The Morgan fingerprint density at radius 2 is 2.00 bits per heavy atom. The number of furan rings is 1. The molecule has 0 bridgehead atoms. The zero-order chi connectivity index (χ0) is 13.5. The molecule has 5 heteroatoms. The van der Waals surface area contributed by atoms with Crippen LogP contribution in [0, 0.1) is 0 Å². The molecule has 0 spiro atoms. The van der Waals surface area contributed by atoms with E-state index in [1.165, 1.54) is 4.90 Å². The number of benzene rings is 1. The smallest absolute Gasteiger partial charge is 0.287 e. The molecule has 0 aliphatic carbocycles. The number of carbonyl (C=O) groups is 1. The van der Waals surface area contributed by atoms with E-state index in [0.29, 0.717) is 24.6 Å². The molecule has 100 valence electrons. The van der Waals surface area contributed by atoms with E-state index in [1.807, 2.05) is 30.3 Å². The molecule has 1 amide bonds. The minimum absolute atomic E-state index is 0.201. The van der Waals surface area contributed by atoms with Crippen molar-refractivity contribution in [2.75, 3.05) is 12.3 Å². The molecular formula is C14H16N2O2S. The van der Waals surface area contributed by atoms with E-state index in [4.69, 9.17) is 10.2 Å². The van der Waals surface area contributed by atoms with E-state index in [1.54, 1.807) is 23.9 Å². The van der Waals surface area contributed by atoms with Gasteiger partial charge in [-0.25, -0.2) is 0 Å². The van der Waals surface area contributed by atoms with Gasteiger partial charge in [-0.1, -0.05) is 18.2 Å². The number of hydrogen-bond acceptors (Lipinski definition) is 4. The quantitative estimate of drug-likeness (QED) is 0.627. The third kappa shape index (κ3) is 4.15. The molecule has 0 unspecified atom stereocenters. The molecule has 3 N–H and O–H groups in total. The van der Waals surface area contributed by atoms with Gasteiger partial charge in [0, 0.05) is 17.2 Å². The van der Waals surface area contributed by atoms with Crippen LogP contribution in [0.2, 0.25) is 0 Å². The molecule has 4 nitrogen and oxygen atoms in total. The number of nitrogens with one attached hydrogen (secondary N) is 1. The normalized spacial score (nSPS) is 10.4. The first kappa shape index (κ1) is 13.7. The van der Waals surface area contributed by atoms with Crippen molar-refractivity contribution >= 4 is 17.7 Å². The van der Waals surface area contributed by atoms with Gasteiger partial charge in [0.25, 0.3) is 5.91 Å². The lowest BCUT2D eigenvalue weighted by Crippen LogP contribution is -2.25. The summed E-state index contributed by atoms with van der Waals surface area (Å²) >= 11 is 1.70. The highest BCUT2D eigenvalue weighted by atomic mass is 32.2. The third-order valence-electron chi connectivity index (χ3n) is 2.49. The number of amides is 1. The van der Waals surface area contributed by atoms with Crippen molar-refractivity contribution in [2.24, 2.45) is 5.73 Å². The van der Waals surface area contributed by atoms with Crippen LogP contribution in [0.15, 0.2) is 51.8 Å². The maximum atomic E-state index is 11.7. The Balaban J connectivity index is 1.72. The molecule has 1 aromatic heterocycles. The Labute approximate surface area is 116 Å². The number of rotatable bonds is 6. The van der Waals surface area contributed by atoms with Crippen LogP contribution in [0.4, 0.5) is 0 Å². The number of nitrogens with two attached hydrogens (primary N) is 1. The lowest BCUT2D eigenvalue weighted by molar-refractivity contribution is 0.0927. The van der Waals surface area contributed by atoms with Crippen molar-refractivity contribution in [2.45, 2.75) is 11.4 Å². The second kappa shape index (κ2) is 7.01. The van der Waals surface area contributed by atoms with Crippen molar-refractivity contribution in [1.82, 2.24) is 5.32 Å². The fraction of sp³-hybridized carbons (Fsp3) is 0.214. The monoisotopic (exact) mass is 276 g/mol. The number of hydrogen-bond donors (Lipinski definition) is 2. The fourth-order valence-corrected chi connectivity index (χ4v) is 2.34. The zero-order valence-electron chi connectivity index (χ0n) is 10.5. The first-order valence-electron chi connectivity index (χ1n) is 6.04. The second-order valence-corrected chi connectivity index (χ2v) is 5.06. The van der Waals surface area contributed by atoms with E-state index in [-0.39, 0.29) is 5.91 Å². The molecule has 0 fully saturated rings. The van der Waals surface area contributed by atoms with Gasteiger partial charge in [0.1, 0.15) is 5.76 Å². The van der Waals surface area contributed by atoms with Crippen LogP contribution in [0.3, 0.4) is 0 Å². The van der Waals surface area contributed by atoms with E-state index in [9.17, 15) is 4.79 Å². The van der Waals surface area contributed by atoms with Gasteiger partial charge < -0.3 is 15.5 Å². The van der Waals surface area contributed by atoms with Gasteiger partial charge in [0.05, 0.1) is 6.54 Å². The topological polar surface area (TPSA) is 68.3 Å². The van der Waals surface area contributed by atoms with Gasteiger partial charge in [-0.15, -0.1) is 11.8 Å². The van der Waals surface area contributed by atoms with Crippen molar-refractivity contribution in [1.29, 1.82) is 0 Å². The van der Waals surface area contributed by atoms with E-state index in [0.717, 1.165) is 5.75 Å². The minimum atomic E-state index is -0.201. The Morgan fingerprint density at radius 1 is 1.21 bits per heavy atom. The second-order valence-electron chi connectivity index (χ2n) is 3.89. The highest BCUT2D eigenvalue weighted by Crippen LogP contribution is 2.15. The largest absolute Gasteiger partial charge is 0.455 e. The predicted octanol–water partition coefficient (Wildman–Crippen LogP) is 2.26. The Morgan fingerprint density at radius 3 is 2.68 bits per heavy atom. The van der Waals surface area contributed by atoms with Gasteiger partial charge >= 0.3 is 0 Å². The molecule has 0 saturated carbocycles. The summed E-state index contributed by atoms with van der Waals surface area (Å²) in [5.41, 5.74) is 5.42. The zero-order valence-corrected chi connectivity index (χ0v) is 11.3. The van der Waals surface area contributed by atoms with Crippen LogP contribution in [-0.2, 0) is 6.54 Å². The summed E-state index contributed by atoms with van der Waals surface area (Å²) in [7, 11) is 0. The summed E-state index contributed by atoms with van der Waals surface area (Å²) in [6.45, 7) is 0.897. The van der Waals surface area contributed by atoms with E-state index >= 15 is 0 Å². The fourth-order valence-electron chi connectivity index (χ4n) is 1.55. The summed E-state index contributed by atoms with van der Waals surface area (Å²) in [4.78, 5) is 12.9. The van der Waals surface area contributed by atoms with Crippen LogP contribution in [0.5, 0.6) is 0 Å². The summed E-state index contributed by atoms with van der Waals surface area (Å²) < 4.78 is 5.27. The highest BCUT2D eigenvalue weighted by molar-refractivity contribution is 7.99. The summed E-state index contributed by atoms with van der Waals surface area (Å²) in [6, 6.07) is 13.4. The van der Waals surface area contributed by atoms with E-state index < -0.39 is 0 Å². The van der Waals surface area contributed by atoms with E-state index in [2.05, 4.69) is 5.32 Å². The molecule has 1 heterocycles. The highest BCUT2D eigenvalue weighted by Gasteiger charge is 2.09. The molecule has 0 radical (unpaired) electrons. The van der Waals surface area contributed by atoms with Crippen molar-refractivity contribution in [3.63, 3.8) is 0 Å². The van der Waals surface area contributed by atoms with Crippen LogP contribution < -0.4 is 11.1 Å². The Bertz CT molecular complexity index is 525. The Hall–Kier alpha value is -1.72. The first-order valence-corrected chi connectivity index (χ1v) is 7.03. The minimum Gasteiger partial charge on any atom is -0.455 e. The maximum Gasteiger partial charge on any atom is 0.287 e. The molecule has 0 atom stereocenters. The van der Waals surface area contributed by atoms with Gasteiger partial charge in [0.2, 0.25) is 0 Å². The molecule has 0 saturated heterocycles. The van der Waals surface area contributed by atoms with Gasteiger partial charge in [0.15, 0.2) is 5.76 Å². The molecule has 0 aliphatic heterocycles. The maximum absolute atomic E-state index is 11.7. The molecule has 19 heavy (non-hydrogen) atoms. The predicted molar refractivity (Wildman–Crippen MR) is 76.1 cm³/mol. The van der Waals surface area contributed by atoms with Crippen molar-refractivity contribution in [3.05, 3.63) is 54.0 Å². The average molecular weight is 276 g/mol. The summed E-state index contributed by atoms with van der Waals surface area (Å²) in [5, 5.41) is 2.81. The lowest BCUT2D eigenvalue weighted by Gasteiger charge is -2.03. The third-order valence-corrected chi connectivity index (χ3v) is 3.50. The van der Waals surface area contributed by atoms with Crippen molar-refractivity contribution in [3.8, 4) is 0 Å². The Kier molecular flexibility index (Phi) is 5.06. The molecular weight excluding hydrogens is 260 g/mol. The lowest BCUT2D eigenvalue weighted by atomic mass is 10.4. The van der Waals surface area contributed by atoms with Crippen LogP contribution >= 0.6 is 11.8 Å². The number of carbonyl (C=O) groups excluding carboxylic acids is 1. The number of thioether (sulfide) groups is 1. The molecule has 2 aromatic rings. The average Bonchev–Trinajstić information content (AvgIpc) is 2.93. The SMILES string of the molecule is NCc1ccc(C(=O)NCCSc2ccccc2)o1. The van der Waals surface area contributed by atoms with Gasteiger partial charge in [-0.3, -0.25) is 4.79 Å². The van der Waals surface area contributed by atoms with Crippen molar-refractivity contribution < 1.29 is 9.21 Å². The molecule has 2 rings (SSSR count).